The molecule has 8 nitrogen and oxygen atoms in total. The van der Waals surface area contributed by atoms with Crippen molar-refractivity contribution in [3.63, 3.8) is 0 Å². The summed E-state index contributed by atoms with van der Waals surface area (Å²) in [5.74, 6) is -0.0999. The molecule has 0 unspecified atom stereocenters. The number of rotatable bonds is 6. The first-order valence-electron chi connectivity index (χ1n) is 7.77. The minimum atomic E-state index is -3.58. The van der Waals surface area contributed by atoms with E-state index >= 15 is 0 Å². The number of anilines is 1. The van der Waals surface area contributed by atoms with E-state index in [-0.39, 0.29) is 29.7 Å². The Morgan fingerprint density at radius 3 is 2.58 bits per heavy atom. The van der Waals surface area contributed by atoms with Crippen LogP contribution in [0.15, 0.2) is 18.2 Å². The van der Waals surface area contributed by atoms with Crippen molar-refractivity contribution in [1.29, 1.82) is 5.26 Å². The van der Waals surface area contributed by atoms with Crippen molar-refractivity contribution in [2.75, 3.05) is 24.3 Å². The second kappa shape index (κ2) is 7.19. The minimum Gasteiger partial charge on any atom is -0.495 e. The monoisotopic (exact) mass is 396 g/mol. The molecule has 2 N–H and O–H groups in total. The van der Waals surface area contributed by atoms with Gasteiger partial charge in [-0.3, -0.25) is 9.69 Å². The van der Waals surface area contributed by atoms with E-state index in [1.165, 1.54) is 12.0 Å². The molecule has 1 aromatic carbocycles. The zero-order valence-corrected chi connectivity index (χ0v) is 16.4. The number of hydrogen-bond acceptors (Lipinski definition) is 6. The third-order valence-corrected chi connectivity index (χ3v) is 5.46. The lowest BCUT2D eigenvalue weighted by Gasteiger charge is -2.29. The van der Waals surface area contributed by atoms with Gasteiger partial charge in [0.15, 0.2) is 5.11 Å². The average molecular weight is 396 g/mol. The maximum absolute atomic E-state index is 12.9. The van der Waals surface area contributed by atoms with Crippen LogP contribution in [0.4, 0.5) is 5.69 Å². The Bertz CT molecular complexity index is 890. The minimum absolute atomic E-state index is 0.193. The Hall–Kier alpha value is -2.22. The molecule has 1 aromatic rings. The van der Waals surface area contributed by atoms with Crippen LogP contribution in [0, 0.1) is 11.3 Å². The number of carbonyl (C=O) groups excluding carboxylic acids is 1. The molecule has 1 saturated heterocycles. The first kappa shape index (κ1) is 20.1. The average Bonchev–Trinajstić information content (AvgIpc) is 2.73. The van der Waals surface area contributed by atoms with E-state index in [1.54, 1.807) is 36.9 Å². The summed E-state index contributed by atoms with van der Waals surface area (Å²) < 4.78 is 27.5. The third kappa shape index (κ3) is 3.80. The maximum atomic E-state index is 12.9. The van der Waals surface area contributed by atoms with Crippen LogP contribution in [-0.2, 0) is 14.8 Å². The van der Waals surface area contributed by atoms with Gasteiger partial charge in [-0.2, -0.15) is 5.26 Å². The second-order valence-electron chi connectivity index (χ2n) is 6.35. The number of nitrogens with zero attached hydrogens (tertiary/aromatic N) is 3. The van der Waals surface area contributed by atoms with Gasteiger partial charge in [0.2, 0.25) is 10.0 Å². The predicted molar refractivity (Wildman–Crippen MR) is 101 cm³/mol. The van der Waals surface area contributed by atoms with Crippen molar-refractivity contribution in [2.24, 2.45) is 5.14 Å². The molecule has 1 aliphatic rings. The fourth-order valence-electron chi connectivity index (χ4n) is 2.77. The standard InChI is InChI=1S/C16H20N4O4S2/c1-16(2)14(21)20(12-6-5-11(10-17)13(9-12)24-3)15(25)19(16)7-4-8-26(18,22)23/h5-6,9H,4,7-8H2,1-3H3,(H2,18,22,23). The van der Waals surface area contributed by atoms with Crippen LogP contribution >= 0.6 is 12.2 Å². The van der Waals surface area contributed by atoms with Gasteiger partial charge in [-0.1, -0.05) is 0 Å². The van der Waals surface area contributed by atoms with Crippen LogP contribution in [0.3, 0.4) is 0 Å². The van der Waals surface area contributed by atoms with E-state index in [9.17, 15) is 13.2 Å². The van der Waals surface area contributed by atoms with Crippen LogP contribution < -0.4 is 14.8 Å². The van der Waals surface area contributed by atoms with Gasteiger partial charge in [-0.15, -0.1) is 0 Å². The molecule has 0 radical (unpaired) electrons. The topological polar surface area (TPSA) is 117 Å². The van der Waals surface area contributed by atoms with Crippen LogP contribution in [-0.4, -0.2) is 49.3 Å². The molecule has 0 aromatic heterocycles. The molecule has 1 fully saturated rings. The quantitative estimate of drug-likeness (QED) is 0.712. The van der Waals surface area contributed by atoms with E-state index in [4.69, 9.17) is 27.4 Å². The van der Waals surface area contributed by atoms with E-state index in [0.717, 1.165) is 0 Å². The van der Waals surface area contributed by atoms with Crippen molar-refractivity contribution >= 4 is 38.9 Å². The van der Waals surface area contributed by atoms with Crippen molar-refractivity contribution in [3.05, 3.63) is 23.8 Å². The summed E-state index contributed by atoms with van der Waals surface area (Å²) in [6.45, 7) is 3.72. The Kier molecular flexibility index (Phi) is 5.55. The van der Waals surface area contributed by atoms with E-state index < -0.39 is 15.6 Å². The van der Waals surface area contributed by atoms with Crippen molar-refractivity contribution < 1.29 is 17.9 Å². The Morgan fingerprint density at radius 2 is 2.04 bits per heavy atom. The molecule has 10 heteroatoms. The molecule has 0 bridgehead atoms. The van der Waals surface area contributed by atoms with Gasteiger partial charge >= 0.3 is 0 Å². The van der Waals surface area contributed by atoms with Gasteiger partial charge in [0.1, 0.15) is 17.4 Å². The molecule has 140 valence electrons. The molecule has 1 aliphatic heterocycles. The molecule has 2 rings (SSSR count). The van der Waals surface area contributed by atoms with Crippen molar-refractivity contribution in [3.8, 4) is 11.8 Å². The molecular weight excluding hydrogens is 376 g/mol. The van der Waals surface area contributed by atoms with E-state index in [0.29, 0.717) is 17.0 Å². The van der Waals surface area contributed by atoms with E-state index in [2.05, 4.69) is 0 Å². The molecule has 1 heterocycles. The summed E-state index contributed by atoms with van der Waals surface area (Å²) in [5, 5.41) is 14.4. The second-order valence-corrected chi connectivity index (χ2v) is 8.45. The van der Waals surface area contributed by atoms with Crippen molar-refractivity contribution in [2.45, 2.75) is 25.8 Å². The summed E-state index contributed by atoms with van der Waals surface area (Å²) in [6, 6.07) is 6.77. The number of ether oxygens (including phenoxy) is 1. The molecule has 0 spiro atoms. The summed E-state index contributed by atoms with van der Waals surface area (Å²) in [5.41, 5.74) is -0.104. The maximum Gasteiger partial charge on any atom is 0.258 e. The van der Waals surface area contributed by atoms with Crippen LogP contribution in [0.5, 0.6) is 5.75 Å². The first-order valence-corrected chi connectivity index (χ1v) is 9.90. The predicted octanol–water partition coefficient (Wildman–Crippen LogP) is 0.958. The highest BCUT2D eigenvalue weighted by atomic mass is 32.2. The summed E-state index contributed by atoms with van der Waals surface area (Å²) in [7, 11) is -2.14. The Morgan fingerprint density at radius 1 is 1.38 bits per heavy atom. The molecule has 1 amide bonds. The van der Waals surface area contributed by atoms with Gasteiger partial charge in [0, 0.05) is 12.6 Å². The van der Waals surface area contributed by atoms with Gasteiger partial charge in [-0.25, -0.2) is 13.6 Å². The van der Waals surface area contributed by atoms with Crippen LogP contribution in [0.2, 0.25) is 0 Å². The fraction of sp³-hybridized carbons (Fsp3) is 0.438. The number of hydrogen-bond donors (Lipinski definition) is 1. The summed E-state index contributed by atoms with van der Waals surface area (Å²) in [4.78, 5) is 16.0. The zero-order chi connectivity index (χ0) is 19.7. The van der Waals surface area contributed by atoms with Crippen LogP contribution in [0.25, 0.3) is 0 Å². The number of sulfonamides is 1. The number of nitrogens with two attached hydrogens (primary N) is 1. The number of primary sulfonamides is 1. The lowest BCUT2D eigenvalue weighted by Crippen LogP contribution is -2.45. The number of methoxy groups -OCH3 is 1. The van der Waals surface area contributed by atoms with Crippen LogP contribution in [0.1, 0.15) is 25.8 Å². The highest BCUT2D eigenvalue weighted by Crippen LogP contribution is 2.34. The fourth-order valence-corrected chi connectivity index (χ4v) is 3.81. The largest absolute Gasteiger partial charge is 0.495 e. The lowest BCUT2D eigenvalue weighted by atomic mass is 10.0. The molecular formula is C16H20N4O4S2. The van der Waals surface area contributed by atoms with Crippen molar-refractivity contribution in [1.82, 2.24) is 4.90 Å². The third-order valence-electron chi connectivity index (χ3n) is 4.20. The molecule has 0 aliphatic carbocycles. The number of carbonyl (C=O) groups is 1. The number of benzene rings is 1. The molecule has 0 saturated carbocycles. The van der Waals surface area contributed by atoms with E-state index in [1.807, 2.05) is 6.07 Å². The highest BCUT2D eigenvalue weighted by Gasteiger charge is 2.49. The first-order chi connectivity index (χ1) is 12.0. The Balaban J connectivity index is 2.33. The lowest BCUT2D eigenvalue weighted by molar-refractivity contribution is -0.123. The van der Waals surface area contributed by atoms with Gasteiger partial charge in [-0.05, 0) is 44.6 Å². The Labute approximate surface area is 158 Å². The summed E-state index contributed by atoms with van der Waals surface area (Å²) in [6.07, 6.45) is 0.250. The molecule has 0 atom stereocenters. The van der Waals surface area contributed by atoms with Gasteiger partial charge in [0.25, 0.3) is 5.91 Å². The summed E-state index contributed by atoms with van der Waals surface area (Å²) >= 11 is 5.46. The molecule has 26 heavy (non-hydrogen) atoms. The SMILES string of the molecule is COc1cc(N2C(=O)C(C)(C)N(CCCS(N)(=O)=O)C2=S)ccc1C#N. The number of thiocarbonyl (C=S) groups is 1. The van der Waals surface area contributed by atoms with Gasteiger partial charge < -0.3 is 9.64 Å². The number of amides is 1. The zero-order valence-electron chi connectivity index (χ0n) is 14.7. The number of nitriles is 1. The smallest absolute Gasteiger partial charge is 0.258 e. The van der Waals surface area contributed by atoms with Gasteiger partial charge in [0.05, 0.1) is 24.1 Å². The normalized spacial score (nSPS) is 16.7. The highest BCUT2D eigenvalue weighted by molar-refractivity contribution is 7.89.